The van der Waals surface area contributed by atoms with Crippen LogP contribution in [0.5, 0.6) is 11.5 Å². The zero-order valence-corrected chi connectivity index (χ0v) is 19.9. The molecule has 0 saturated heterocycles. The van der Waals surface area contributed by atoms with Crippen LogP contribution in [0.4, 0.5) is 5.69 Å². The number of hydrogen-bond donors (Lipinski definition) is 2. The lowest BCUT2D eigenvalue weighted by Crippen LogP contribution is -2.37. The number of aromatic nitrogens is 1. The molecule has 0 aliphatic carbocycles. The van der Waals surface area contributed by atoms with Crippen molar-refractivity contribution >= 4 is 40.0 Å². The standard InChI is InChI=1S/C26H25N3O4S/c1-16(2)17-7-12-23-22(14-17)28-25(33-23)18-5-4-6-19(13-18)27-26(34)29-24(30)15-32-21-10-8-20(31-3)9-11-21/h4-14,16H,15H2,1-3H3,(H2,27,29,30,34). The van der Waals surface area contributed by atoms with E-state index in [9.17, 15) is 4.79 Å². The van der Waals surface area contributed by atoms with Crippen LogP contribution in [0.15, 0.2) is 71.1 Å². The van der Waals surface area contributed by atoms with Gasteiger partial charge in [-0.05, 0) is 78.3 Å². The van der Waals surface area contributed by atoms with Gasteiger partial charge in [-0.2, -0.15) is 0 Å². The summed E-state index contributed by atoms with van der Waals surface area (Å²) >= 11 is 5.27. The van der Waals surface area contributed by atoms with Gasteiger partial charge >= 0.3 is 0 Å². The highest BCUT2D eigenvalue weighted by Gasteiger charge is 2.12. The summed E-state index contributed by atoms with van der Waals surface area (Å²) in [6.45, 7) is 4.11. The molecule has 1 amide bonds. The summed E-state index contributed by atoms with van der Waals surface area (Å²) in [5, 5.41) is 5.79. The number of oxazole rings is 1. The van der Waals surface area contributed by atoms with Gasteiger partial charge in [-0.15, -0.1) is 0 Å². The molecular formula is C26H25N3O4S. The number of benzene rings is 3. The van der Waals surface area contributed by atoms with Crippen molar-refractivity contribution in [1.82, 2.24) is 10.3 Å². The molecule has 0 atom stereocenters. The Morgan fingerprint density at radius 1 is 1.06 bits per heavy atom. The number of thiocarbonyl (C=S) groups is 1. The zero-order chi connectivity index (χ0) is 24.1. The van der Waals surface area contributed by atoms with Crippen molar-refractivity contribution in [2.45, 2.75) is 19.8 Å². The highest BCUT2D eigenvalue weighted by molar-refractivity contribution is 7.80. The van der Waals surface area contributed by atoms with Crippen LogP contribution in [-0.4, -0.2) is 29.7 Å². The molecule has 0 aliphatic rings. The van der Waals surface area contributed by atoms with Crippen LogP contribution in [0.25, 0.3) is 22.6 Å². The average molecular weight is 476 g/mol. The highest BCUT2D eigenvalue weighted by atomic mass is 32.1. The summed E-state index contributed by atoms with van der Waals surface area (Å²) in [6, 6.07) is 20.5. The predicted molar refractivity (Wildman–Crippen MR) is 136 cm³/mol. The minimum Gasteiger partial charge on any atom is -0.497 e. The summed E-state index contributed by atoms with van der Waals surface area (Å²) < 4.78 is 16.5. The molecule has 1 heterocycles. The van der Waals surface area contributed by atoms with Crippen LogP contribution >= 0.6 is 12.2 Å². The molecule has 0 saturated carbocycles. The van der Waals surface area contributed by atoms with Crippen LogP contribution in [0.3, 0.4) is 0 Å². The van der Waals surface area contributed by atoms with E-state index in [1.807, 2.05) is 36.4 Å². The summed E-state index contributed by atoms with van der Waals surface area (Å²) in [7, 11) is 1.59. The molecule has 3 aromatic carbocycles. The molecule has 0 aliphatic heterocycles. The van der Waals surface area contributed by atoms with E-state index < -0.39 is 0 Å². The van der Waals surface area contributed by atoms with Crippen LogP contribution in [-0.2, 0) is 4.79 Å². The lowest BCUT2D eigenvalue weighted by atomic mass is 10.0. The molecule has 0 radical (unpaired) electrons. The molecule has 4 rings (SSSR count). The normalized spacial score (nSPS) is 10.8. The van der Waals surface area contributed by atoms with Crippen molar-refractivity contribution in [1.29, 1.82) is 0 Å². The fraction of sp³-hybridized carbons (Fsp3) is 0.192. The second kappa shape index (κ2) is 10.4. The largest absolute Gasteiger partial charge is 0.497 e. The quantitative estimate of drug-likeness (QED) is 0.341. The van der Waals surface area contributed by atoms with Gasteiger partial charge in [0, 0.05) is 11.3 Å². The predicted octanol–water partition coefficient (Wildman–Crippen LogP) is 5.52. The second-order valence-electron chi connectivity index (χ2n) is 7.95. The van der Waals surface area contributed by atoms with E-state index in [0.29, 0.717) is 29.0 Å². The number of rotatable bonds is 7. The van der Waals surface area contributed by atoms with E-state index in [1.165, 1.54) is 5.56 Å². The van der Waals surface area contributed by atoms with Crippen LogP contribution in [0.2, 0.25) is 0 Å². The molecule has 7 nitrogen and oxygen atoms in total. The van der Waals surface area contributed by atoms with Crippen molar-refractivity contribution in [3.8, 4) is 23.0 Å². The molecule has 2 N–H and O–H groups in total. The Morgan fingerprint density at radius 3 is 2.56 bits per heavy atom. The van der Waals surface area contributed by atoms with E-state index >= 15 is 0 Å². The summed E-state index contributed by atoms with van der Waals surface area (Å²) in [4.78, 5) is 16.8. The topological polar surface area (TPSA) is 85.6 Å². The van der Waals surface area contributed by atoms with Crippen molar-refractivity contribution in [2.75, 3.05) is 19.0 Å². The molecule has 0 bridgehead atoms. The van der Waals surface area contributed by atoms with E-state index in [4.69, 9.17) is 26.1 Å². The van der Waals surface area contributed by atoms with E-state index in [2.05, 4.69) is 35.5 Å². The number of methoxy groups -OCH3 is 1. The van der Waals surface area contributed by atoms with Crippen molar-refractivity contribution < 1.29 is 18.7 Å². The maximum absolute atomic E-state index is 12.2. The Bertz CT molecular complexity index is 1320. The fourth-order valence-electron chi connectivity index (χ4n) is 3.30. The number of hydrogen-bond acceptors (Lipinski definition) is 6. The number of anilines is 1. The number of fused-ring (bicyclic) bond motifs is 1. The van der Waals surface area contributed by atoms with Gasteiger partial charge in [0.05, 0.1) is 7.11 Å². The molecule has 4 aromatic rings. The summed E-state index contributed by atoms with van der Waals surface area (Å²) in [5.74, 6) is 1.82. The van der Waals surface area contributed by atoms with Gasteiger partial charge in [-0.3, -0.25) is 10.1 Å². The van der Waals surface area contributed by atoms with Gasteiger partial charge in [0.15, 0.2) is 17.3 Å². The number of ether oxygens (including phenoxy) is 2. The Morgan fingerprint density at radius 2 is 1.82 bits per heavy atom. The van der Waals surface area contributed by atoms with Gasteiger partial charge in [0.1, 0.15) is 17.0 Å². The molecule has 8 heteroatoms. The Labute approximate surface area is 203 Å². The van der Waals surface area contributed by atoms with Gasteiger partial charge in [-0.1, -0.05) is 26.0 Å². The molecule has 0 unspecified atom stereocenters. The SMILES string of the molecule is COc1ccc(OCC(=O)NC(=S)Nc2cccc(-c3nc4cc(C(C)C)ccc4o3)c2)cc1. The summed E-state index contributed by atoms with van der Waals surface area (Å²) in [5.41, 5.74) is 4.25. The Kier molecular flexibility index (Phi) is 7.08. The van der Waals surface area contributed by atoms with Gasteiger partial charge < -0.3 is 19.2 Å². The summed E-state index contributed by atoms with van der Waals surface area (Å²) in [6.07, 6.45) is 0. The number of carbonyl (C=O) groups excluding carboxylic acids is 1. The number of amides is 1. The maximum Gasteiger partial charge on any atom is 0.264 e. The maximum atomic E-state index is 12.2. The second-order valence-corrected chi connectivity index (χ2v) is 8.36. The van der Waals surface area contributed by atoms with Gasteiger partial charge in [-0.25, -0.2) is 4.98 Å². The van der Waals surface area contributed by atoms with Crippen LogP contribution in [0, 0.1) is 0 Å². The zero-order valence-electron chi connectivity index (χ0n) is 19.1. The van der Waals surface area contributed by atoms with E-state index in [1.54, 1.807) is 31.4 Å². The number of nitrogens with zero attached hydrogens (tertiary/aromatic N) is 1. The third-order valence-corrected chi connectivity index (χ3v) is 5.33. The molecular weight excluding hydrogens is 450 g/mol. The highest BCUT2D eigenvalue weighted by Crippen LogP contribution is 2.28. The first kappa shape index (κ1) is 23.3. The smallest absolute Gasteiger partial charge is 0.264 e. The van der Waals surface area contributed by atoms with Gasteiger partial charge in [0.2, 0.25) is 5.89 Å². The lowest BCUT2D eigenvalue weighted by molar-refractivity contribution is -0.121. The first-order valence-corrected chi connectivity index (χ1v) is 11.2. The molecule has 0 spiro atoms. The van der Waals surface area contributed by atoms with Crippen LogP contribution in [0.1, 0.15) is 25.3 Å². The lowest BCUT2D eigenvalue weighted by Gasteiger charge is -2.11. The fourth-order valence-corrected chi connectivity index (χ4v) is 3.53. The molecule has 34 heavy (non-hydrogen) atoms. The van der Waals surface area contributed by atoms with Crippen molar-refractivity contribution in [3.63, 3.8) is 0 Å². The van der Waals surface area contributed by atoms with Gasteiger partial charge in [0.25, 0.3) is 5.91 Å². The molecule has 0 fully saturated rings. The third-order valence-electron chi connectivity index (χ3n) is 5.13. The Hall–Kier alpha value is -3.91. The first-order chi connectivity index (χ1) is 16.4. The third kappa shape index (κ3) is 5.71. The molecule has 1 aromatic heterocycles. The monoisotopic (exact) mass is 475 g/mol. The first-order valence-electron chi connectivity index (χ1n) is 10.8. The molecule has 174 valence electrons. The van der Waals surface area contributed by atoms with E-state index in [0.717, 1.165) is 16.7 Å². The van der Waals surface area contributed by atoms with Crippen molar-refractivity contribution in [2.24, 2.45) is 0 Å². The van der Waals surface area contributed by atoms with Crippen molar-refractivity contribution in [3.05, 3.63) is 72.3 Å². The minimum absolute atomic E-state index is 0.166. The Balaban J connectivity index is 1.36. The average Bonchev–Trinajstić information content (AvgIpc) is 3.27. The van der Waals surface area contributed by atoms with E-state index in [-0.39, 0.29) is 17.6 Å². The number of nitrogens with one attached hydrogen (secondary N) is 2. The minimum atomic E-state index is -0.371. The van der Waals surface area contributed by atoms with Crippen LogP contribution < -0.4 is 20.1 Å². The number of carbonyl (C=O) groups is 1.